The highest BCUT2D eigenvalue weighted by atomic mass is 79.9. The molecule has 2 aliphatic heterocycles. The first-order valence-electron chi connectivity index (χ1n) is 9.87. The zero-order valence-electron chi connectivity index (χ0n) is 16.8. The monoisotopic (exact) mass is 469 g/mol. The van der Waals surface area contributed by atoms with Gasteiger partial charge in [0, 0.05) is 24.0 Å². The number of benzene rings is 2. The summed E-state index contributed by atoms with van der Waals surface area (Å²) in [5.74, 6) is 0. The summed E-state index contributed by atoms with van der Waals surface area (Å²) < 4.78 is 0.952. The van der Waals surface area contributed by atoms with Crippen molar-refractivity contribution >= 4 is 33.4 Å². The van der Waals surface area contributed by atoms with Crippen molar-refractivity contribution < 1.29 is 4.79 Å². The third-order valence-corrected chi connectivity index (χ3v) is 5.83. The van der Waals surface area contributed by atoms with E-state index in [1.165, 1.54) is 5.01 Å². The molecule has 2 amide bonds. The molecule has 1 fully saturated rings. The maximum atomic E-state index is 12.0. The average Bonchev–Trinajstić information content (AvgIpc) is 3.20. The standard InChI is InChI=1S/C21H24BrN7O/c1-27-9-11-28(12-10-27)26-24-18-7-5-15(6-8-18)19-14-20(29(25-19)21(23)30)16-3-2-4-17(22)13-16/h2-8,13,20H,9-12,14H2,1H3,(H2,23,30). The second kappa shape index (κ2) is 8.93. The number of primary amides is 1. The van der Waals surface area contributed by atoms with Crippen LogP contribution in [0.3, 0.4) is 0 Å². The lowest BCUT2D eigenvalue weighted by atomic mass is 9.98. The van der Waals surface area contributed by atoms with E-state index >= 15 is 0 Å². The molecule has 0 bridgehead atoms. The zero-order valence-corrected chi connectivity index (χ0v) is 18.4. The minimum Gasteiger partial charge on any atom is -0.350 e. The Morgan fingerprint density at radius 3 is 2.53 bits per heavy atom. The van der Waals surface area contributed by atoms with E-state index in [9.17, 15) is 4.79 Å². The van der Waals surface area contributed by atoms with Crippen LogP contribution in [0.4, 0.5) is 10.5 Å². The number of amides is 2. The van der Waals surface area contributed by atoms with Crippen LogP contribution < -0.4 is 5.73 Å². The van der Waals surface area contributed by atoms with Crippen molar-refractivity contribution in [1.82, 2.24) is 14.9 Å². The fraction of sp³-hybridized carbons (Fsp3) is 0.333. The molecule has 0 aromatic heterocycles. The van der Waals surface area contributed by atoms with Gasteiger partial charge in [-0.2, -0.15) is 5.10 Å². The molecule has 2 aromatic carbocycles. The maximum absolute atomic E-state index is 12.0. The SMILES string of the molecule is CN1CCN(N=Nc2ccc(C3=NN(C(N)=O)C(c4cccc(Br)c4)C3)cc2)CC1. The molecule has 30 heavy (non-hydrogen) atoms. The fourth-order valence-corrected chi connectivity index (χ4v) is 4.00. The fourth-order valence-electron chi connectivity index (χ4n) is 3.58. The molecule has 8 nitrogen and oxygen atoms in total. The van der Waals surface area contributed by atoms with Crippen molar-refractivity contribution in [3.63, 3.8) is 0 Å². The van der Waals surface area contributed by atoms with Crippen LogP contribution in [0.5, 0.6) is 0 Å². The Morgan fingerprint density at radius 2 is 1.87 bits per heavy atom. The third kappa shape index (κ3) is 4.68. The van der Waals surface area contributed by atoms with Gasteiger partial charge in [0.05, 0.1) is 30.5 Å². The predicted octanol–water partition coefficient (Wildman–Crippen LogP) is 3.93. The second-order valence-electron chi connectivity index (χ2n) is 7.50. The number of nitrogens with two attached hydrogens (primary N) is 1. The molecule has 1 unspecified atom stereocenters. The summed E-state index contributed by atoms with van der Waals surface area (Å²) in [6.45, 7) is 3.75. The minimum absolute atomic E-state index is 0.216. The Kier molecular flexibility index (Phi) is 6.10. The average molecular weight is 470 g/mol. The largest absolute Gasteiger partial charge is 0.350 e. The number of hydrogen-bond donors (Lipinski definition) is 1. The highest BCUT2D eigenvalue weighted by molar-refractivity contribution is 9.10. The summed E-state index contributed by atoms with van der Waals surface area (Å²) in [4.78, 5) is 14.2. The van der Waals surface area contributed by atoms with Crippen molar-refractivity contribution in [1.29, 1.82) is 0 Å². The molecule has 1 saturated heterocycles. The summed E-state index contributed by atoms with van der Waals surface area (Å²) in [6.07, 6.45) is 0.599. The number of halogens is 1. The minimum atomic E-state index is -0.562. The summed E-state index contributed by atoms with van der Waals surface area (Å²) in [6, 6.07) is 14.8. The number of piperazine rings is 1. The summed E-state index contributed by atoms with van der Waals surface area (Å²) in [5.41, 5.74) is 9.11. The normalized spacial score (nSPS) is 20.1. The zero-order chi connectivity index (χ0) is 21.1. The van der Waals surface area contributed by atoms with E-state index < -0.39 is 6.03 Å². The Hall–Kier alpha value is -2.78. The number of carbonyl (C=O) groups excluding carboxylic acids is 1. The van der Waals surface area contributed by atoms with Crippen molar-refractivity contribution in [3.8, 4) is 0 Å². The van der Waals surface area contributed by atoms with Gasteiger partial charge in [-0.1, -0.05) is 45.4 Å². The number of rotatable bonds is 4. The molecular weight excluding hydrogens is 446 g/mol. The van der Waals surface area contributed by atoms with Gasteiger partial charge >= 0.3 is 6.03 Å². The number of nitrogens with zero attached hydrogens (tertiary/aromatic N) is 6. The molecule has 2 aromatic rings. The third-order valence-electron chi connectivity index (χ3n) is 5.34. The molecule has 2 aliphatic rings. The lowest BCUT2D eigenvalue weighted by molar-refractivity contribution is 0.150. The lowest BCUT2D eigenvalue weighted by Gasteiger charge is -2.29. The molecule has 0 aliphatic carbocycles. The first-order valence-corrected chi connectivity index (χ1v) is 10.7. The van der Waals surface area contributed by atoms with Gasteiger partial charge in [0.15, 0.2) is 0 Å². The molecule has 1 atom stereocenters. The van der Waals surface area contributed by atoms with E-state index in [1.54, 1.807) is 0 Å². The van der Waals surface area contributed by atoms with E-state index in [0.717, 1.165) is 53.2 Å². The van der Waals surface area contributed by atoms with Gasteiger partial charge in [0.25, 0.3) is 0 Å². The van der Waals surface area contributed by atoms with Gasteiger partial charge < -0.3 is 10.6 Å². The van der Waals surface area contributed by atoms with Crippen molar-refractivity contribution in [2.45, 2.75) is 12.5 Å². The van der Waals surface area contributed by atoms with Crippen LogP contribution in [0, 0.1) is 0 Å². The van der Waals surface area contributed by atoms with Crippen LogP contribution in [0.25, 0.3) is 0 Å². The number of urea groups is 1. The van der Waals surface area contributed by atoms with E-state index in [2.05, 4.69) is 43.3 Å². The first kappa shape index (κ1) is 20.5. The lowest BCUT2D eigenvalue weighted by Crippen LogP contribution is -2.41. The van der Waals surface area contributed by atoms with Crippen molar-refractivity contribution in [3.05, 3.63) is 64.1 Å². The van der Waals surface area contributed by atoms with Gasteiger partial charge in [-0.25, -0.2) is 9.80 Å². The van der Waals surface area contributed by atoms with E-state index in [4.69, 9.17) is 5.73 Å². The smallest absolute Gasteiger partial charge is 0.335 e. The molecule has 0 radical (unpaired) electrons. The molecule has 4 rings (SSSR count). The van der Waals surface area contributed by atoms with Gasteiger partial charge in [0.1, 0.15) is 0 Å². The van der Waals surface area contributed by atoms with E-state index in [1.807, 2.05) is 53.5 Å². The molecule has 0 spiro atoms. The summed E-state index contributed by atoms with van der Waals surface area (Å²) in [7, 11) is 2.11. The molecule has 156 valence electrons. The van der Waals surface area contributed by atoms with Crippen LogP contribution in [0.1, 0.15) is 23.6 Å². The van der Waals surface area contributed by atoms with E-state index in [-0.39, 0.29) is 6.04 Å². The topological polar surface area (TPSA) is 89.9 Å². The Morgan fingerprint density at radius 1 is 1.13 bits per heavy atom. The van der Waals surface area contributed by atoms with Crippen LogP contribution in [-0.4, -0.2) is 59.9 Å². The van der Waals surface area contributed by atoms with E-state index in [0.29, 0.717) is 6.42 Å². The maximum Gasteiger partial charge on any atom is 0.335 e. The van der Waals surface area contributed by atoms with Crippen LogP contribution in [0.15, 0.2) is 68.4 Å². The summed E-state index contributed by atoms with van der Waals surface area (Å²) in [5, 5.41) is 16.5. The number of likely N-dealkylation sites (N-methyl/N-ethyl adjacent to an activating group) is 1. The van der Waals surface area contributed by atoms with Gasteiger partial charge in [0.2, 0.25) is 0 Å². The van der Waals surface area contributed by atoms with Gasteiger partial charge in [-0.15, -0.1) is 5.11 Å². The second-order valence-corrected chi connectivity index (χ2v) is 8.41. The number of carbonyl (C=O) groups is 1. The Balaban J connectivity index is 1.47. The van der Waals surface area contributed by atoms with Gasteiger partial charge in [-0.3, -0.25) is 5.01 Å². The molecule has 2 N–H and O–H groups in total. The predicted molar refractivity (Wildman–Crippen MR) is 119 cm³/mol. The molecular formula is C21H24BrN7O. The van der Waals surface area contributed by atoms with Crippen LogP contribution in [0.2, 0.25) is 0 Å². The van der Waals surface area contributed by atoms with Crippen LogP contribution >= 0.6 is 15.9 Å². The Bertz CT molecular complexity index is 968. The summed E-state index contributed by atoms with van der Waals surface area (Å²) >= 11 is 3.48. The number of hydrogen-bond acceptors (Lipinski definition) is 5. The van der Waals surface area contributed by atoms with Crippen molar-refractivity contribution in [2.75, 3.05) is 33.2 Å². The highest BCUT2D eigenvalue weighted by Crippen LogP contribution is 2.33. The molecule has 2 heterocycles. The quantitative estimate of drug-likeness (QED) is 0.687. The first-order chi connectivity index (χ1) is 14.5. The highest BCUT2D eigenvalue weighted by Gasteiger charge is 2.32. The molecule has 0 saturated carbocycles. The van der Waals surface area contributed by atoms with Crippen LogP contribution in [-0.2, 0) is 0 Å². The van der Waals surface area contributed by atoms with Gasteiger partial charge in [-0.05, 0) is 42.4 Å². The van der Waals surface area contributed by atoms with Crippen molar-refractivity contribution in [2.24, 2.45) is 21.2 Å². The number of hydrazone groups is 1. The molecule has 9 heteroatoms. The Labute approximate surface area is 184 Å².